The maximum absolute atomic E-state index is 12.1. The molecule has 1 aromatic rings. The first-order valence-electron chi connectivity index (χ1n) is 6.66. The molecule has 1 amide bonds. The number of likely N-dealkylation sites (tertiary alicyclic amines) is 1. The van der Waals surface area contributed by atoms with Gasteiger partial charge in [-0.1, -0.05) is 0 Å². The van der Waals surface area contributed by atoms with Gasteiger partial charge in [0.15, 0.2) is 0 Å². The molecule has 1 aliphatic rings. The van der Waals surface area contributed by atoms with E-state index in [0.29, 0.717) is 6.54 Å². The van der Waals surface area contributed by atoms with E-state index < -0.39 is 0 Å². The Balaban J connectivity index is 2.11. The molecule has 0 saturated carbocycles. The van der Waals surface area contributed by atoms with Crippen molar-refractivity contribution in [2.45, 2.75) is 26.4 Å². The zero-order chi connectivity index (χ0) is 14.0. The highest BCUT2D eigenvalue weighted by Crippen LogP contribution is 2.22. The molecule has 1 N–H and O–H groups in total. The summed E-state index contributed by atoms with van der Waals surface area (Å²) in [7, 11) is 3.70. The molecular weight excluding hydrogens is 244 g/mol. The molecule has 2 heterocycles. The molecule has 6 heteroatoms. The number of nitrogens with zero attached hydrogens (tertiary/aromatic N) is 4. The summed E-state index contributed by atoms with van der Waals surface area (Å²) in [5.41, 5.74) is 1.60. The van der Waals surface area contributed by atoms with Crippen LogP contribution in [0, 0.1) is 6.92 Å². The van der Waals surface area contributed by atoms with Gasteiger partial charge in [-0.2, -0.15) is 5.10 Å². The quantitative estimate of drug-likeness (QED) is 0.850. The van der Waals surface area contributed by atoms with Gasteiger partial charge in [-0.25, -0.2) is 0 Å². The van der Waals surface area contributed by atoms with Gasteiger partial charge in [0.05, 0.1) is 18.8 Å². The lowest BCUT2D eigenvalue weighted by molar-refractivity contribution is -0.128. The summed E-state index contributed by atoms with van der Waals surface area (Å²) < 4.78 is 1.72. The normalized spacial score (nSPS) is 15.1. The number of carbonyl (C=O) groups is 1. The minimum Gasteiger partial charge on any atom is -0.391 e. The van der Waals surface area contributed by atoms with Crippen molar-refractivity contribution in [3.8, 4) is 0 Å². The zero-order valence-corrected chi connectivity index (χ0v) is 11.9. The number of aliphatic hydroxyl groups is 1. The molecule has 0 spiro atoms. The average molecular weight is 266 g/mol. The van der Waals surface area contributed by atoms with E-state index in [1.807, 2.05) is 30.8 Å². The third kappa shape index (κ3) is 2.73. The molecule has 1 aliphatic heterocycles. The van der Waals surface area contributed by atoms with E-state index in [2.05, 4.69) is 5.10 Å². The van der Waals surface area contributed by atoms with E-state index in [0.717, 1.165) is 43.0 Å². The zero-order valence-electron chi connectivity index (χ0n) is 11.9. The van der Waals surface area contributed by atoms with Gasteiger partial charge in [0.1, 0.15) is 5.82 Å². The number of hydrogen-bond donors (Lipinski definition) is 1. The summed E-state index contributed by atoms with van der Waals surface area (Å²) >= 11 is 0. The Kier molecular flexibility index (Phi) is 4.09. The third-order valence-electron chi connectivity index (χ3n) is 3.66. The monoisotopic (exact) mass is 266 g/mol. The molecule has 0 radical (unpaired) electrons. The molecule has 0 atom stereocenters. The van der Waals surface area contributed by atoms with E-state index in [1.165, 1.54) is 0 Å². The fraction of sp³-hybridized carbons (Fsp3) is 0.692. The van der Waals surface area contributed by atoms with Crippen molar-refractivity contribution >= 4 is 11.7 Å². The minimum absolute atomic E-state index is 0.0583. The van der Waals surface area contributed by atoms with Gasteiger partial charge in [0.2, 0.25) is 5.91 Å². The standard InChI is InChI=1S/C13H22N4O2/c1-10-11(9-18)13(16(3)14-10)15(2)8-12(19)17-6-4-5-7-17/h18H,4-9H2,1-3H3. The van der Waals surface area contributed by atoms with Gasteiger partial charge in [0, 0.05) is 32.7 Å². The van der Waals surface area contributed by atoms with Crippen molar-refractivity contribution in [3.63, 3.8) is 0 Å². The molecular formula is C13H22N4O2. The molecule has 0 bridgehead atoms. The molecule has 19 heavy (non-hydrogen) atoms. The molecule has 0 aliphatic carbocycles. The van der Waals surface area contributed by atoms with Crippen LogP contribution in [0.25, 0.3) is 0 Å². The topological polar surface area (TPSA) is 61.6 Å². The number of amides is 1. The van der Waals surface area contributed by atoms with E-state index in [9.17, 15) is 9.90 Å². The summed E-state index contributed by atoms with van der Waals surface area (Å²) in [6, 6.07) is 0. The number of anilines is 1. The van der Waals surface area contributed by atoms with Crippen molar-refractivity contribution in [2.24, 2.45) is 7.05 Å². The number of aromatic nitrogens is 2. The summed E-state index contributed by atoms with van der Waals surface area (Å²) in [4.78, 5) is 15.9. The molecule has 1 saturated heterocycles. The van der Waals surface area contributed by atoms with Gasteiger partial charge >= 0.3 is 0 Å². The lowest BCUT2D eigenvalue weighted by Gasteiger charge is -2.23. The Bertz CT molecular complexity index is 463. The molecule has 0 unspecified atom stereocenters. The Hall–Kier alpha value is -1.56. The highest BCUT2D eigenvalue weighted by molar-refractivity contribution is 5.81. The van der Waals surface area contributed by atoms with Crippen LogP contribution in [0.4, 0.5) is 5.82 Å². The number of hydrogen-bond acceptors (Lipinski definition) is 4. The molecule has 6 nitrogen and oxygen atoms in total. The maximum Gasteiger partial charge on any atom is 0.242 e. The van der Waals surface area contributed by atoms with Crippen LogP contribution in [-0.2, 0) is 18.4 Å². The van der Waals surface area contributed by atoms with Gasteiger partial charge < -0.3 is 14.9 Å². The van der Waals surface area contributed by atoms with Crippen LogP contribution < -0.4 is 4.90 Å². The Morgan fingerprint density at radius 1 is 1.42 bits per heavy atom. The first-order chi connectivity index (χ1) is 9.04. The summed E-state index contributed by atoms with van der Waals surface area (Å²) in [6.45, 7) is 3.86. The van der Waals surface area contributed by atoms with Crippen LogP contribution >= 0.6 is 0 Å². The smallest absolute Gasteiger partial charge is 0.242 e. The van der Waals surface area contributed by atoms with Crippen LogP contribution in [0.15, 0.2) is 0 Å². The summed E-state index contributed by atoms with van der Waals surface area (Å²) in [5.74, 6) is 0.954. The second-order valence-electron chi connectivity index (χ2n) is 5.11. The molecule has 0 aromatic carbocycles. The first-order valence-corrected chi connectivity index (χ1v) is 6.66. The second kappa shape index (κ2) is 5.61. The van der Waals surface area contributed by atoms with Crippen molar-refractivity contribution < 1.29 is 9.90 Å². The van der Waals surface area contributed by atoms with Crippen LogP contribution in [0.5, 0.6) is 0 Å². The summed E-state index contributed by atoms with van der Waals surface area (Å²) in [5, 5.41) is 13.7. The van der Waals surface area contributed by atoms with Gasteiger partial charge in [0.25, 0.3) is 0 Å². The van der Waals surface area contributed by atoms with E-state index in [1.54, 1.807) is 4.68 Å². The SMILES string of the molecule is Cc1nn(C)c(N(C)CC(=O)N2CCCC2)c1CO. The number of rotatable bonds is 4. The first kappa shape index (κ1) is 13.9. The van der Waals surface area contributed by atoms with Crippen LogP contribution in [-0.4, -0.2) is 52.4 Å². The number of likely N-dealkylation sites (N-methyl/N-ethyl adjacent to an activating group) is 1. The van der Waals surface area contributed by atoms with Crippen molar-refractivity contribution in [1.82, 2.24) is 14.7 Å². The largest absolute Gasteiger partial charge is 0.391 e. The molecule has 106 valence electrons. The molecule has 1 aromatic heterocycles. The van der Waals surface area contributed by atoms with Crippen LogP contribution in [0.2, 0.25) is 0 Å². The average Bonchev–Trinajstić information content (AvgIpc) is 2.96. The lowest BCUT2D eigenvalue weighted by Crippen LogP contribution is -2.38. The van der Waals surface area contributed by atoms with Crippen LogP contribution in [0.3, 0.4) is 0 Å². The minimum atomic E-state index is -0.0583. The lowest BCUT2D eigenvalue weighted by atomic mass is 10.2. The Morgan fingerprint density at radius 2 is 2.05 bits per heavy atom. The number of carbonyl (C=O) groups excluding carboxylic acids is 1. The van der Waals surface area contributed by atoms with E-state index in [-0.39, 0.29) is 12.5 Å². The fourth-order valence-corrected chi connectivity index (χ4v) is 2.70. The summed E-state index contributed by atoms with van der Waals surface area (Å²) in [6.07, 6.45) is 2.20. The molecule has 2 rings (SSSR count). The maximum atomic E-state index is 12.1. The third-order valence-corrected chi connectivity index (χ3v) is 3.66. The predicted octanol–water partition coefficient (Wildman–Crippen LogP) is 0.279. The van der Waals surface area contributed by atoms with E-state index >= 15 is 0 Å². The fourth-order valence-electron chi connectivity index (χ4n) is 2.70. The van der Waals surface area contributed by atoms with Gasteiger partial charge in [-0.15, -0.1) is 0 Å². The second-order valence-corrected chi connectivity index (χ2v) is 5.11. The van der Waals surface area contributed by atoms with Gasteiger partial charge in [-0.3, -0.25) is 9.48 Å². The van der Waals surface area contributed by atoms with Gasteiger partial charge in [-0.05, 0) is 19.8 Å². The van der Waals surface area contributed by atoms with Crippen LogP contribution in [0.1, 0.15) is 24.1 Å². The van der Waals surface area contributed by atoms with Crippen molar-refractivity contribution in [3.05, 3.63) is 11.3 Å². The highest BCUT2D eigenvalue weighted by atomic mass is 16.3. The van der Waals surface area contributed by atoms with Crippen molar-refractivity contribution in [2.75, 3.05) is 31.6 Å². The molecule has 1 fully saturated rings. The van der Waals surface area contributed by atoms with Crippen molar-refractivity contribution in [1.29, 1.82) is 0 Å². The number of aliphatic hydroxyl groups excluding tert-OH is 1. The Labute approximate surface area is 113 Å². The number of aryl methyl sites for hydroxylation is 2. The Morgan fingerprint density at radius 3 is 2.63 bits per heavy atom. The highest BCUT2D eigenvalue weighted by Gasteiger charge is 2.22. The predicted molar refractivity (Wildman–Crippen MR) is 73.0 cm³/mol. The van der Waals surface area contributed by atoms with E-state index in [4.69, 9.17) is 0 Å².